The van der Waals surface area contributed by atoms with Crippen molar-refractivity contribution in [1.82, 2.24) is 10.4 Å². The predicted molar refractivity (Wildman–Crippen MR) is 131 cm³/mol. The number of hydrogen-bond acceptors (Lipinski definition) is 3. The number of para-hydroxylation sites is 1. The summed E-state index contributed by atoms with van der Waals surface area (Å²) in [5, 5.41) is 4.42. The van der Waals surface area contributed by atoms with E-state index < -0.39 is 0 Å². The van der Waals surface area contributed by atoms with Gasteiger partial charge in [0.25, 0.3) is 0 Å². The second-order valence-corrected chi connectivity index (χ2v) is 7.79. The Hall–Kier alpha value is -4.58. The number of carbonyl (C=O) groups is 1. The van der Waals surface area contributed by atoms with Crippen molar-refractivity contribution >= 4 is 23.0 Å². The zero-order chi connectivity index (χ0) is 23.3. The van der Waals surface area contributed by atoms with Crippen LogP contribution in [0.4, 0.5) is 14.9 Å². The number of urea groups is 1. The molecular formula is C28H22FN3O2. The fourth-order valence-electron chi connectivity index (χ4n) is 3.75. The summed E-state index contributed by atoms with van der Waals surface area (Å²) in [5.41, 5.74) is 7.36. The van der Waals surface area contributed by atoms with Gasteiger partial charge in [0.15, 0.2) is 0 Å². The van der Waals surface area contributed by atoms with Crippen LogP contribution in [0.15, 0.2) is 109 Å². The molecule has 0 unspecified atom stereocenters. The quantitative estimate of drug-likeness (QED) is 0.362. The van der Waals surface area contributed by atoms with Crippen molar-refractivity contribution in [2.45, 2.75) is 0 Å². The molecule has 4 aromatic carbocycles. The maximum atomic E-state index is 13.5. The molecular weight excluding hydrogens is 429 g/mol. The summed E-state index contributed by atoms with van der Waals surface area (Å²) in [6, 6.07) is 32.4. The van der Waals surface area contributed by atoms with E-state index in [9.17, 15) is 9.18 Å². The lowest BCUT2D eigenvalue weighted by atomic mass is 10.0. The Bertz CT molecular complexity index is 1310. The summed E-state index contributed by atoms with van der Waals surface area (Å²) < 4.78 is 19.3. The van der Waals surface area contributed by atoms with E-state index >= 15 is 0 Å². The second kappa shape index (κ2) is 9.50. The van der Waals surface area contributed by atoms with E-state index in [0.29, 0.717) is 18.0 Å². The molecule has 0 fully saturated rings. The first-order chi connectivity index (χ1) is 16.7. The zero-order valence-corrected chi connectivity index (χ0v) is 18.2. The topological polar surface area (TPSA) is 53.6 Å². The van der Waals surface area contributed by atoms with Gasteiger partial charge < -0.3 is 10.1 Å². The summed E-state index contributed by atoms with van der Waals surface area (Å²) in [7, 11) is 0. The zero-order valence-electron chi connectivity index (χ0n) is 18.2. The van der Waals surface area contributed by atoms with Gasteiger partial charge in [0.05, 0.1) is 12.2 Å². The summed E-state index contributed by atoms with van der Waals surface area (Å²) in [4.78, 5) is 13.0. The fraction of sp³-hybridized carbons (Fsp3) is 0.0357. The van der Waals surface area contributed by atoms with Gasteiger partial charge in [-0.3, -0.25) is 5.43 Å². The number of anilines is 1. The molecule has 0 bridgehead atoms. The lowest BCUT2D eigenvalue weighted by Gasteiger charge is -2.19. The van der Waals surface area contributed by atoms with Gasteiger partial charge in [-0.25, -0.2) is 14.2 Å². The van der Waals surface area contributed by atoms with Crippen LogP contribution in [-0.2, 0) is 0 Å². The van der Waals surface area contributed by atoms with Crippen LogP contribution < -0.4 is 15.5 Å². The first-order valence-electron chi connectivity index (χ1n) is 10.9. The van der Waals surface area contributed by atoms with Crippen molar-refractivity contribution in [3.8, 4) is 11.5 Å². The molecule has 2 N–H and O–H groups in total. The maximum absolute atomic E-state index is 13.5. The molecule has 0 saturated carbocycles. The molecule has 0 aromatic heterocycles. The van der Waals surface area contributed by atoms with E-state index in [1.54, 1.807) is 36.4 Å². The van der Waals surface area contributed by atoms with Gasteiger partial charge in [-0.15, -0.1) is 0 Å². The SMILES string of the molecule is O=C(Nc1ccc(Oc2ccccc2)cc1)N1CC(c2ccccc2)=C(c2ccc(F)cc2)N1. The Kier molecular flexibility index (Phi) is 5.95. The van der Waals surface area contributed by atoms with Gasteiger partial charge in [-0.1, -0.05) is 48.5 Å². The third kappa shape index (κ3) is 4.76. The minimum absolute atomic E-state index is 0.303. The number of ether oxygens (including phenoxy) is 1. The van der Waals surface area contributed by atoms with Crippen molar-refractivity contribution in [1.29, 1.82) is 0 Å². The summed E-state index contributed by atoms with van der Waals surface area (Å²) in [5.74, 6) is 1.11. The molecule has 1 aliphatic heterocycles. The summed E-state index contributed by atoms with van der Waals surface area (Å²) in [6.07, 6.45) is 0. The lowest BCUT2D eigenvalue weighted by molar-refractivity contribution is 0.210. The highest BCUT2D eigenvalue weighted by Crippen LogP contribution is 2.31. The first-order valence-corrected chi connectivity index (χ1v) is 10.9. The van der Waals surface area contributed by atoms with E-state index in [1.807, 2.05) is 60.7 Å². The van der Waals surface area contributed by atoms with Crippen LogP contribution in [0, 0.1) is 5.82 Å². The molecule has 0 spiro atoms. The summed E-state index contributed by atoms with van der Waals surface area (Å²) >= 11 is 0. The molecule has 5 nitrogen and oxygen atoms in total. The van der Waals surface area contributed by atoms with Crippen molar-refractivity contribution in [3.05, 3.63) is 126 Å². The smallest absolute Gasteiger partial charge is 0.340 e. The number of nitrogens with one attached hydrogen (secondary N) is 2. The van der Waals surface area contributed by atoms with Gasteiger partial charge in [0.1, 0.15) is 17.3 Å². The lowest BCUT2D eigenvalue weighted by Crippen LogP contribution is -2.40. The average molecular weight is 452 g/mol. The minimum Gasteiger partial charge on any atom is -0.457 e. The van der Waals surface area contributed by atoms with E-state index in [4.69, 9.17) is 4.74 Å². The number of nitrogens with zero attached hydrogens (tertiary/aromatic N) is 1. The van der Waals surface area contributed by atoms with E-state index in [-0.39, 0.29) is 11.8 Å². The third-order valence-corrected chi connectivity index (χ3v) is 5.45. The normalized spacial score (nSPS) is 12.9. The third-order valence-electron chi connectivity index (χ3n) is 5.45. The van der Waals surface area contributed by atoms with Gasteiger partial charge >= 0.3 is 6.03 Å². The number of benzene rings is 4. The Balaban J connectivity index is 1.30. The molecule has 1 heterocycles. The van der Waals surface area contributed by atoms with E-state index in [0.717, 1.165) is 28.1 Å². The molecule has 34 heavy (non-hydrogen) atoms. The van der Waals surface area contributed by atoms with E-state index in [1.165, 1.54) is 17.1 Å². The van der Waals surface area contributed by atoms with Crippen LogP contribution in [0.2, 0.25) is 0 Å². The molecule has 5 rings (SSSR count). The molecule has 2 amide bonds. The minimum atomic E-state index is -0.308. The molecule has 4 aromatic rings. The van der Waals surface area contributed by atoms with Crippen LogP contribution in [0.1, 0.15) is 11.1 Å². The Morgan fingerprint density at radius 3 is 2.06 bits per heavy atom. The van der Waals surface area contributed by atoms with Crippen molar-refractivity contribution in [3.63, 3.8) is 0 Å². The van der Waals surface area contributed by atoms with Gasteiger partial charge in [-0.2, -0.15) is 0 Å². The van der Waals surface area contributed by atoms with Gasteiger partial charge in [0.2, 0.25) is 0 Å². The van der Waals surface area contributed by atoms with Crippen LogP contribution >= 0.6 is 0 Å². The molecule has 168 valence electrons. The van der Waals surface area contributed by atoms with Crippen LogP contribution in [0.25, 0.3) is 11.3 Å². The number of hydrogen-bond donors (Lipinski definition) is 2. The monoisotopic (exact) mass is 451 g/mol. The second-order valence-electron chi connectivity index (χ2n) is 7.79. The van der Waals surface area contributed by atoms with Gasteiger partial charge in [0, 0.05) is 11.3 Å². The summed E-state index contributed by atoms with van der Waals surface area (Å²) in [6.45, 7) is 0.359. The van der Waals surface area contributed by atoms with Crippen molar-refractivity contribution in [2.75, 3.05) is 11.9 Å². The van der Waals surface area contributed by atoms with Gasteiger partial charge in [-0.05, 0) is 71.8 Å². The van der Waals surface area contributed by atoms with Crippen LogP contribution in [0.5, 0.6) is 11.5 Å². The van der Waals surface area contributed by atoms with Crippen molar-refractivity contribution in [2.24, 2.45) is 0 Å². The van der Waals surface area contributed by atoms with Crippen LogP contribution in [-0.4, -0.2) is 17.6 Å². The largest absolute Gasteiger partial charge is 0.457 e. The highest BCUT2D eigenvalue weighted by molar-refractivity contribution is 5.98. The molecule has 1 aliphatic rings. The Morgan fingerprint density at radius 2 is 1.38 bits per heavy atom. The molecule has 0 atom stereocenters. The fourth-order valence-corrected chi connectivity index (χ4v) is 3.75. The number of amides is 2. The molecule has 0 saturated heterocycles. The van der Waals surface area contributed by atoms with E-state index in [2.05, 4.69) is 10.7 Å². The highest BCUT2D eigenvalue weighted by atomic mass is 19.1. The van der Waals surface area contributed by atoms with Crippen LogP contribution in [0.3, 0.4) is 0 Å². The highest BCUT2D eigenvalue weighted by Gasteiger charge is 2.27. The number of rotatable bonds is 5. The number of hydrazine groups is 1. The average Bonchev–Trinajstić information content (AvgIpc) is 3.33. The number of halogens is 1. The predicted octanol–water partition coefficient (Wildman–Crippen LogP) is 6.54. The maximum Gasteiger partial charge on any atom is 0.340 e. The molecule has 6 heteroatoms. The first kappa shape index (κ1) is 21.3. The standard InChI is InChI=1S/C28H22FN3O2/c29-22-13-11-21(12-14-22)27-26(20-7-3-1-4-8-20)19-32(31-27)28(33)30-23-15-17-25(18-16-23)34-24-9-5-2-6-10-24/h1-18,31H,19H2,(H,30,33). The number of carbonyl (C=O) groups excluding carboxylic acids is 1. The molecule has 0 radical (unpaired) electrons. The Labute approximate surface area is 197 Å². The Morgan fingerprint density at radius 1 is 0.765 bits per heavy atom. The molecule has 0 aliphatic carbocycles. The van der Waals surface area contributed by atoms with Crippen molar-refractivity contribution < 1.29 is 13.9 Å².